The molecule has 0 N–H and O–H groups in total. The lowest BCUT2D eigenvalue weighted by molar-refractivity contribution is 0.551. The summed E-state index contributed by atoms with van der Waals surface area (Å²) in [4.78, 5) is 28.2. The minimum Gasteiger partial charge on any atom is -0.273 e. The molecule has 0 aliphatic carbocycles. The maximum Gasteiger partial charge on any atom is 0.333 e. The predicted molar refractivity (Wildman–Crippen MR) is 89.8 cm³/mol. The van der Waals surface area contributed by atoms with Gasteiger partial charge in [0.05, 0.1) is 18.1 Å². The van der Waals surface area contributed by atoms with Gasteiger partial charge in [0.25, 0.3) is 5.56 Å². The lowest BCUT2D eigenvalue weighted by Crippen LogP contribution is -2.40. The molecule has 0 bridgehead atoms. The van der Waals surface area contributed by atoms with Gasteiger partial charge in [0.2, 0.25) is 0 Å². The van der Waals surface area contributed by atoms with Crippen LogP contribution in [0.1, 0.15) is 12.5 Å². The normalized spacial score (nSPS) is 11.8. The largest absolute Gasteiger partial charge is 0.333 e. The van der Waals surface area contributed by atoms with Crippen molar-refractivity contribution in [2.45, 2.75) is 24.9 Å². The maximum atomic E-state index is 13.2. The number of rotatable bonds is 4. The molecular weight excluding hydrogens is 349 g/mol. The Bertz CT molecular complexity index is 1170. The van der Waals surface area contributed by atoms with Gasteiger partial charge in [-0.15, -0.1) is 3.89 Å². The van der Waals surface area contributed by atoms with E-state index in [2.05, 4.69) is 4.98 Å². The quantitative estimate of drug-likeness (QED) is 0.652. The summed E-state index contributed by atoms with van der Waals surface area (Å²) < 4.78 is 37.7. The summed E-state index contributed by atoms with van der Waals surface area (Å²) in [6.07, 6.45) is 0.800. The third kappa shape index (κ3) is 3.10. The van der Waals surface area contributed by atoms with Crippen molar-refractivity contribution >= 4 is 21.3 Å². The van der Waals surface area contributed by atoms with E-state index in [9.17, 15) is 21.9 Å². The molecule has 0 aliphatic rings. The van der Waals surface area contributed by atoms with Crippen molar-refractivity contribution in [3.05, 3.63) is 69.0 Å². The Balaban J connectivity index is 2.36. The Hall–Kier alpha value is -2.81. The zero-order valence-electron chi connectivity index (χ0n) is 13.2. The molecule has 7 nitrogen and oxygen atoms in total. The average Bonchev–Trinajstić information content (AvgIpc) is 2.59. The highest BCUT2D eigenvalue weighted by Crippen LogP contribution is 2.16. The van der Waals surface area contributed by atoms with Gasteiger partial charge in [0.15, 0.2) is 0 Å². The van der Waals surface area contributed by atoms with Crippen LogP contribution in [-0.2, 0) is 23.3 Å². The van der Waals surface area contributed by atoms with Gasteiger partial charge >= 0.3 is 15.9 Å². The first-order valence-corrected chi connectivity index (χ1v) is 8.83. The number of fused-ring (bicyclic) bond motifs is 1. The first-order valence-electron chi connectivity index (χ1n) is 7.45. The fourth-order valence-electron chi connectivity index (χ4n) is 2.60. The van der Waals surface area contributed by atoms with Gasteiger partial charge < -0.3 is 0 Å². The van der Waals surface area contributed by atoms with E-state index in [1.54, 1.807) is 31.2 Å². The Labute approximate surface area is 142 Å². The molecule has 0 saturated carbocycles. The van der Waals surface area contributed by atoms with Crippen molar-refractivity contribution in [1.29, 1.82) is 0 Å². The number of nitrogens with zero attached hydrogens (tertiary/aromatic N) is 3. The van der Waals surface area contributed by atoms with Crippen molar-refractivity contribution in [1.82, 2.24) is 14.1 Å². The molecule has 0 aliphatic heterocycles. The van der Waals surface area contributed by atoms with Crippen LogP contribution < -0.4 is 11.2 Å². The van der Waals surface area contributed by atoms with Crippen molar-refractivity contribution in [3.63, 3.8) is 0 Å². The van der Waals surface area contributed by atoms with Crippen LogP contribution in [0.4, 0.5) is 3.89 Å². The molecule has 0 fully saturated rings. The van der Waals surface area contributed by atoms with Crippen molar-refractivity contribution in [3.8, 4) is 0 Å². The zero-order chi connectivity index (χ0) is 18.2. The Kier molecular flexibility index (Phi) is 4.25. The molecule has 9 heteroatoms. The highest BCUT2D eigenvalue weighted by molar-refractivity contribution is 7.86. The average molecular weight is 363 g/mol. The second-order valence-corrected chi connectivity index (χ2v) is 6.73. The topological polar surface area (TPSA) is 91.0 Å². The van der Waals surface area contributed by atoms with Crippen LogP contribution in [0.2, 0.25) is 0 Å². The lowest BCUT2D eigenvalue weighted by atomic mass is 10.2. The molecule has 0 atom stereocenters. The van der Waals surface area contributed by atoms with Crippen LogP contribution in [-0.4, -0.2) is 22.5 Å². The lowest BCUT2D eigenvalue weighted by Gasteiger charge is -2.12. The first-order chi connectivity index (χ1) is 11.8. The van der Waals surface area contributed by atoms with E-state index in [4.69, 9.17) is 0 Å². The molecule has 3 rings (SSSR count). The molecule has 0 unspecified atom stereocenters. The summed E-state index contributed by atoms with van der Waals surface area (Å²) in [6, 6.07) is 9.96. The minimum atomic E-state index is -5.01. The van der Waals surface area contributed by atoms with Crippen molar-refractivity contribution < 1.29 is 12.3 Å². The smallest absolute Gasteiger partial charge is 0.273 e. The van der Waals surface area contributed by atoms with Crippen LogP contribution in [0.3, 0.4) is 0 Å². The zero-order valence-corrected chi connectivity index (χ0v) is 14.0. The standard InChI is InChI=1S/C16H14FN3O4S/c1-2-19-15(21)13-8-12(25(17,23)24)9-18-14(13)20(16(19)22)10-11-6-4-3-5-7-11/h3-9H,2,10H2,1H3. The van der Waals surface area contributed by atoms with Crippen LogP contribution in [0.5, 0.6) is 0 Å². The summed E-state index contributed by atoms with van der Waals surface area (Å²) in [7, 11) is -5.01. The van der Waals surface area contributed by atoms with Crippen LogP contribution >= 0.6 is 0 Å². The summed E-state index contributed by atoms with van der Waals surface area (Å²) in [6.45, 7) is 1.85. The van der Waals surface area contributed by atoms with Gasteiger partial charge in [-0.3, -0.25) is 13.9 Å². The number of hydrogen-bond donors (Lipinski definition) is 0. The van der Waals surface area contributed by atoms with E-state index in [1.807, 2.05) is 6.07 Å². The molecule has 3 aromatic rings. The van der Waals surface area contributed by atoms with Crippen LogP contribution in [0.25, 0.3) is 11.0 Å². The Morgan fingerprint density at radius 1 is 1.12 bits per heavy atom. The third-order valence-electron chi connectivity index (χ3n) is 3.82. The molecule has 130 valence electrons. The van der Waals surface area contributed by atoms with Gasteiger partial charge in [-0.1, -0.05) is 30.3 Å². The molecule has 2 heterocycles. The van der Waals surface area contributed by atoms with E-state index in [1.165, 1.54) is 4.57 Å². The number of aromatic nitrogens is 3. The Morgan fingerprint density at radius 2 is 1.80 bits per heavy atom. The fraction of sp³-hybridized carbons (Fsp3) is 0.188. The highest BCUT2D eigenvalue weighted by Gasteiger charge is 2.18. The molecule has 0 amide bonds. The second-order valence-electron chi connectivity index (χ2n) is 5.38. The molecule has 1 aromatic carbocycles. The number of hydrogen-bond acceptors (Lipinski definition) is 5. The summed E-state index contributed by atoms with van der Waals surface area (Å²) >= 11 is 0. The summed E-state index contributed by atoms with van der Waals surface area (Å²) in [5.41, 5.74) is -0.454. The van der Waals surface area contributed by atoms with Gasteiger partial charge in [-0.25, -0.2) is 9.78 Å². The third-order valence-corrected chi connectivity index (χ3v) is 4.60. The van der Waals surface area contributed by atoms with E-state index in [0.29, 0.717) is 0 Å². The summed E-state index contributed by atoms with van der Waals surface area (Å²) in [5, 5.41) is -0.129. The van der Waals surface area contributed by atoms with E-state index < -0.39 is 26.4 Å². The van der Waals surface area contributed by atoms with Crippen LogP contribution in [0, 0.1) is 0 Å². The van der Waals surface area contributed by atoms with Gasteiger partial charge in [0, 0.05) is 6.54 Å². The number of halogens is 1. The molecule has 25 heavy (non-hydrogen) atoms. The molecule has 0 saturated heterocycles. The van der Waals surface area contributed by atoms with E-state index in [0.717, 1.165) is 22.4 Å². The molecule has 2 aromatic heterocycles. The number of benzene rings is 1. The molecular formula is C16H14FN3O4S. The van der Waals surface area contributed by atoms with Crippen molar-refractivity contribution in [2.75, 3.05) is 0 Å². The molecule has 0 radical (unpaired) electrons. The molecule has 0 spiro atoms. The van der Waals surface area contributed by atoms with Gasteiger partial charge in [-0.2, -0.15) is 8.42 Å². The van der Waals surface area contributed by atoms with Gasteiger partial charge in [-0.05, 0) is 18.6 Å². The van der Waals surface area contributed by atoms with Crippen molar-refractivity contribution in [2.24, 2.45) is 0 Å². The maximum absolute atomic E-state index is 13.2. The number of pyridine rings is 1. The second kappa shape index (κ2) is 6.25. The van der Waals surface area contributed by atoms with Gasteiger partial charge in [0.1, 0.15) is 10.5 Å². The highest BCUT2D eigenvalue weighted by atomic mass is 32.3. The monoisotopic (exact) mass is 363 g/mol. The SMILES string of the molecule is CCn1c(=O)c2cc(S(=O)(=O)F)cnc2n(Cc2ccccc2)c1=O. The van der Waals surface area contributed by atoms with E-state index >= 15 is 0 Å². The summed E-state index contributed by atoms with van der Waals surface area (Å²) in [5.74, 6) is 0. The van der Waals surface area contributed by atoms with Crippen LogP contribution in [0.15, 0.2) is 57.1 Å². The minimum absolute atomic E-state index is 0.0101. The van der Waals surface area contributed by atoms with E-state index in [-0.39, 0.29) is 24.1 Å². The first kappa shape index (κ1) is 17.0. The predicted octanol–water partition coefficient (Wildman–Crippen LogP) is 1.28. The Morgan fingerprint density at radius 3 is 2.40 bits per heavy atom. The fourth-order valence-corrected chi connectivity index (χ4v) is 3.04.